The highest BCUT2D eigenvalue weighted by Gasteiger charge is 2.39. The Labute approximate surface area is 109 Å². The van der Waals surface area contributed by atoms with Crippen LogP contribution in [0.1, 0.15) is 12.5 Å². The average Bonchev–Trinajstić information content (AvgIpc) is 2.83. The van der Waals surface area contributed by atoms with E-state index < -0.39 is 23.9 Å². The van der Waals surface area contributed by atoms with Gasteiger partial charge in [0.05, 0.1) is 6.61 Å². The van der Waals surface area contributed by atoms with Crippen molar-refractivity contribution in [3.8, 4) is 5.75 Å². The molecule has 2 N–H and O–H groups in total. The summed E-state index contributed by atoms with van der Waals surface area (Å²) in [7, 11) is 0. The maximum Gasteiger partial charge on any atom is 0.336 e. The number of rotatable bonds is 2. The number of benzene rings is 1. The highest BCUT2D eigenvalue weighted by atomic mass is 16.5. The Morgan fingerprint density at radius 3 is 2.84 bits per heavy atom. The molecule has 0 amide bonds. The van der Waals surface area contributed by atoms with E-state index in [4.69, 9.17) is 9.15 Å². The van der Waals surface area contributed by atoms with Gasteiger partial charge in [0.25, 0.3) is 0 Å². The first-order valence-corrected chi connectivity index (χ1v) is 6.07. The lowest BCUT2D eigenvalue weighted by Gasteiger charge is -2.26. The number of hydrogen-bond acceptors (Lipinski definition) is 5. The van der Waals surface area contributed by atoms with E-state index in [-0.39, 0.29) is 0 Å². The van der Waals surface area contributed by atoms with Crippen molar-refractivity contribution >= 4 is 11.0 Å². The molecule has 3 rings (SSSR count). The first-order chi connectivity index (χ1) is 9.01. The van der Waals surface area contributed by atoms with Crippen LogP contribution < -0.4 is 10.4 Å². The van der Waals surface area contributed by atoms with Crippen molar-refractivity contribution in [1.82, 2.24) is 0 Å². The number of aliphatic hydroxyl groups excluding tert-OH is 1. The van der Waals surface area contributed by atoms with Crippen LogP contribution in [0.3, 0.4) is 0 Å². The second-order valence-corrected chi connectivity index (χ2v) is 5.04. The molecule has 100 valence electrons. The van der Waals surface area contributed by atoms with Gasteiger partial charge < -0.3 is 19.4 Å². The topological polar surface area (TPSA) is 79.9 Å². The first-order valence-electron chi connectivity index (χ1n) is 6.07. The minimum atomic E-state index is -1.33. The highest BCUT2D eigenvalue weighted by Crippen LogP contribution is 2.37. The molecule has 0 fully saturated rings. The van der Waals surface area contributed by atoms with Gasteiger partial charge in [-0.3, -0.25) is 0 Å². The second kappa shape index (κ2) is 4.08. The fourth-order valence-corrected chi connectivity index (χ4v) is 2.30. The maximum atomic E-state index is 11.3. The first kappa shape index (κ1) is 12.2. The van der Waals surface area contributed by atoms with Gasteiger partial charge in [-0.05, 0) is 25.1 Å². The van der Waals surface area contributed by atoms with Crippen LogP contribution in [0.5, 0.6) is 5.75 Å². The Morgan fingerprint density at radius 2 is 2.11 bits per heavy atom. The van der Waals surface area contributed by atoms with Gasteiger partial charge >= 0.3 is 5.63 Å². The fraction of sp³-hybridized carbons (Fsp3) is 0.357. The summed E-state index contributed by atoms with van der Waals surface area (Å²) in [5.74, 6) is 0.584. The largest absolute Gasteiger partial charge is 0.487 e. The van der Waals surface area contributed by atoms with Crippen LogP contribution in [-0.2, 0) is 6.42 Å². The van der Waals surface area contributed by atoms with E-state index in [1.807, 2.05) is 0 Å². The van der Waals surface area contributed by atoms with Crippen LogP contribution in [0.2, 0.25) is 0 Å². The van der Waals surface area contributed by atoms with Crippen LogP contribution in [-0.4, -0.2) is 28.5 Å². The van der Waals surface area contributed by atoms with E-state index in [0.29, 0.717) is 17.8 Å². The molecule has 2 heterocycles. The molecule has 0 radical (unpaired) electrons. The smallest absolute Gasteiger partial charge is 0.336 e. The van der Waals surface area contributed by atoms with Crippen LogP contribution >= 0.6 is 0 Å². The lowest BCUT2D eigenvalue weighted by atomic mass is 9.95. The van der Waals surface area contributed by atoms with Gasteiger partial charge in [-0.25, -0.2) is 4.79 Å². The molecule has 1 aliphatic heterocycles. The predicted octanol–water partition coefficient (Wildman–Crippen LogP) is 0.840. The molecule has 19 heavy (non-hydrogen) atoms. The molecule has 0 spiro atoms. The number of aliphatic hydroxyl groups is 2. The van der Waals surface area contributed by atoms with Gasteiger partial charge in [-0.15, -0.1) is 0 Å². The van der Waals surface area contributed by atoms with E-state index in [1.54, 1.807) is 18.2 Å². The summed E-state index contributed by atoms with van der Waals surface area (Å²) in [6.07, 6.45) is -0.156. The van der Waals surface area contributed by atoms with Crippen molar-refractivity contribution in [2.45, 2.75) is 25.0 Å². The predicted molar refractivity (Wildman–Crippen MR) is 68.3 cm³/mol. The molecule has 0 unspecified atom stereocenters. The summed E-state index contributed by atoms with van der Waals surface area (Å²) in [5, 5.41) is 20.1. The van der Waals surface area contributed by atoms with Gasteiger partial charge in [0.15, 0.2) is 0 Å². The number of hydrogen-bond donors (Lipinski definition) is 2. The zero-order valence-electron chi connectivity index (χ0n) is 10.4. The molecule has 1 aromatic heterocycles. The summed E-state index contributed by atoms with van der Waals surface area (Å²) in [6.45, 7) is 1.12. The molecule has 1 aromatic carbocycles. The molecule has 0 aliphatic carbocycles. The average molecular weight is 262 g/mol. The van der Waals surface area contributed by atoms with Crippen LogP contribution in [0, 0.1) is 0 Å². The van der Waals surface area contributed by atoms with Crippen LogP contribution in [0.15, 0.2) is 33.5 Å². The normalized spacial score (nSPS) is 20.9. The number of fused-ring (bicyclic) bond motifs is 3. The summed E-state index contributed by atoms with van der Waals surface area (Å²) in [6, 6.07) is 6.64. The van der Waals surface area contributed by atoms with E-state index in [1.165, 1.54) is 13.0 Å². The molecule has 2 atom stereocenters. The lowest BCUT2D eigenvalue weighted by molar-refractivity contribution is -0.0729. The van der Waals surface area contributed by atoms with E-state index >= 15 is 0 Å². The SMILES string of the molecule is C[C@@](O)(CO)[C@H]1Cc2c(ccc3ccc(=O)oc23)O1. The summed E-state index contributed by atoms with van der Waals surface area (Å²) in [4.78, 5) is 11.3. The lowest BCUT2D eigenvalue weighted by Crippen LogP contribution is -2.45. The zero-order chi connectivity index (χ0) is 13.6. The summed E-state index contributed by atoms with van der Waals surface area (Å²) < 4.78 is 10.9. The standard InChI is InChI=1S/C14H14O5/c1-14(17,7-15)11-6-9-10(18-11)4-2-8-3-5-12(16)19-13(8)9/h2-5,11,15,17H,6-7H2,1H3/t11-,14-/m1/s1. The zero-order valence-corrected chi connectivity index (χ0v) is 10.4. The molecular formula is C14H14O5. The van der Waals surface area contributed by atoms with Crippen molar-refractivity contribution in [1.29, 1.82) is 0 Å². The molecular weight excluding hydrogens is 248 g/mol. The summed E-state index contributed by atoms with van der Waals surface area (Å²) in [5.41, 5.74) is -0.506. The van der Waals surface area contributed by atoms with Gasteiger partial charge in [0.2, 0.25) is 0 Å². The third-order valence-corrected chi connectivity index (χ3v) is 3.52. The Balaban J connectivity index is 2.10. The quantitative estimate of drug-likeness (QED) is 0.784. The molecule has 0 bridgehead atoms. The molecule has 5 heteroatoms. The van der Waals surface area contributed by atoms with E-state index in [0.717, 1.165) is 10.9 Å². The third kappa shape index (κ3) is 1.91. The van der Waals surface area contributed by atoms with Gasteiger partial charge in [-0.1, -0.05) is 0 Å². The third-order valence-electron chi connectivity index (χ3n) is 3.52. The Bertz CT molecular complexity index is 686. The van der Waals surface area contributed by atoms with Crippen molar-refractivity contribution in [3.05, 3.63) is 40.2 Å². The van der Waals surface area contributed by atoms with Crippen molar-refractivity contribution in [2.24, 2.45) is 0 Å². The molecule has 2 aromatic rings. The monoisotopic (exact) mass is 262 g/mol. The minimum absolute atomic E-state index is 0.395. The highest BCUT2D eigenvalue weighted by molar-refractivity contribution is 5.82. The molecule has 5 nitrogen and oxygen atoms in total. The van der Waals surface area contributed by atoms with Gasteiger partial charge in [-0.2, -0.15) is 0 Å². The van der Waals surface area contributed by atoms with Crippen molar-refractivity contribution < 1.29 is 19.4 Å². The maximum absolute atomic E-state index is 11.3. The number of ether oxygens (including phenoxy) is 1. The Hall–Kier alpha value is -1.85. The van der Waals surface area contributed by atoms with Crippen LogP contribution in [0.25, 0.3) is 11.0 Å². The molecule has 0 saturated carbocycles. The van der Waals surface area contributed by atoms with Crippen molar-refractivity contribution in [2.75, 3.05) is 6.61 Å². The van der Waals surface area contributed by atoms with Crippen LogP contribution in [0.4, 0.5) is 0 Å². The van der Waals surface area contributed by atoms with Gasteiger partial charge in [0, 0.05) is 23.4 Å². The van der Waals surface area contributed by atoms with Gasteiger partial charge in [0.1, 0.15) is 23.0 Å². The minimum Gasteiger partial charge on any atom is -0.487 e. The summed E-state index contributed by atoms with van der Waals surface area (Å²) >= 11 is 0. The molecule has 1 aliphatic rings. The van der Waals surface area contributed by atoms with Crippen molar-refractivity contribution in [3.63, 3.8) is 0 Å². The second-order valence-electron chi connectivity index (χ2n) is 5.04. The Morgan fingerprint density at radius 1 is 1.37 bits per heavy atom. The fourth-order valence-electron chi connectivity index (χ4n) is 2.30. The van der Waals surface area contributed by atoms with E-state index in [2.05, 4.69) is 0 Å². The Kier molecular flexibility index (Phi) is 2.62. The van der Waals surface area contributed by atoms with E-state index in [9.17, 15) is 15.0 Å². The molecule has 0 saturated heterocycles.